The Bertz CT molecular complexity index is 1240. The second-order valence-corrected chi connectivity index (χ2v) is 8.70. The lowest BCUT2D eigenvalue weighted by atomic mass is 10.1. The fourth-order valence-electron chi connectivity index (χ4n) is 3.12. The van der Waals surface area contributed by atoms with Crippen molar-refractivity contribution < 1.29 is 28.9 Å². The minimum absolute atomic E-state index is 0.129. The van der Waals surface area contributed by atoms with Gasteiger partial charge in [0.15, 0.2) is 0 Å². The zero-order valence-electron chi connectivity index (χ0n) is 19.5. The SMILES string of the molecule is COc1ccc(NC(=O)c2cccc(CSCC(O)CO)c2)c(C(=O)N/N=C/c2cccc(F)c2)c1. The molecule has 0 bridgehead atoms. The average molecular weight is 512 g/mol. The van der Waals surface area contributed by atoms with Gasteiger partial charge in [0.2, 0.25) is 0 Å². The Hall–Kier alpha value is -3.73. The highest BCUT2D eigenvalue weighted by atomic mass is 32.2. The number of carbonyl (C=O) groups excluding carboxylic acids is 2. The summed E-state index contributed by atoms with van der Waals surface area (Å²) in [5, 5.41) is 25.0. The number of carbonyl (C=O) groups is 2. The van der Waals surface area contributed by atoms with Crippen LogP contribution in [0.25, 0.3) is 0 Å². The molecule has 36 heavy (non-hydrogen) atoms. The Balaban J connectivity index is 1.72. The minimum atomic E-state index is -0.792. The van der Waals surface area contributed by atoms with Crippen molar-refractivity contribution in [2.24, 2.45) is 5.10 Å². The molecule has 3 rings (SSSR count). The predicted octanol–water partition coefficient (Wildman–Crippen LogP) is 3.44. The van der Waals surface area contributed by atoms with Crippen molar-refractivity contribution in [3.05, 3.63) is 94.8 Å². The molecule has 188 valence electrons. The van der Waals surface area contributed by atoms with Crippen LogP contribution in [-0.2, 0) is 5.75 Å². The Morgan fingerprint density at radius 3 is 2.67 bits per heavy atom. The number of nitrogens with one attached hydrogen (secondary N) is 2. The van der Waals surface area contributed by atoms with E-state index in [2.05, 4.69) is 15.8 Å². The van der Waals surface area contributed by atoms with Gasteiger partial charge >= 0.3 is 0 Å². The first kappa shape index (κ1) is 26.9. The molecule has 0 aliphatic carbocycles. The largest absolute Gasteiger partial charge is 0.497 e. The lowest BCUT2D eigenvalue weighted by Gasteiger charge is -2.12. The van der Waals surface area contributed by atoms with Gasteiger partial charge in [0.1, 0.15) is 11.6 Å². The molecule has 4 N–H and O–H groups in total. The topological polar surface area (TPSA) is 120 Å². The third-order valence-electron chi connectivity index (χ3n) is 4.93. The van der Waals surface area contributed by atoms with Crippen molar-refractivity contribution in [3.63, 3.8) is 0 Å². The number of methoxy groups -OCH3 is 1. The molecule has 0 saturated heterocycles. The van der Waals surface area contributed by atoms with E-state index in [1.165, 1.54) is 49.4 Å². The first-order valence-corrected chi connectivity index (χ1v) is 12.1. The van der Waals surface area contributed by atoms with Crippen molar-refractivity contribution in [1.82, 2.24) is 5.43 Å². The highest BCUT2D eigenvalue weighted by molar-refractivity contribution is 7.98. The van der Waals surface area contributed by atoms with Crippen molar-refractivity contribution >= 4 is 35.5 Å². The Labute approximate surface area is 212 Å². The maximum absolute atomic E-state index is 13.3. The lowest BCUT2D eigenvalue weighted by molar-refractivity contribution is 0.0955. The van der Waals surface area contributed by atoms with Crippen LogP contribution in [0.1, 0.15) is 31.8 Å². The van der Waals surface area contributed by atoms with Crippen molar-refractivity contribution in [2.45, 2.75) is 11.9 Å². The summed E-state index contributed by atoms with van der Waals surface area (Å²) in [6.07, 6.45) is 0.516. The number of rotatable bonds is 11. The molecule has 0 aromatic heterocycles. The van der Waals surface area contributed by atoms with Crippen LogP contribution in [-0.4, -0.2) is 53.8 Å². The highest BCUT2D eigenvalue weighted by Gasteiger charge is 2.16. The van der Waals surface area contributed by atoms with Gasteiger partial charge in [0.25, 0.3) is 11.8 Å². The minimum Gasteiger partial charge on any atom is -0.497 e. The molecule has 2 amide bonds. The number of hydrogen-bond acceptors (Lipinski definition) is 7. The van der Waals surface area contributed by atoms with E-state index in [1.807, 2.05) is 6.07 Å². The molecule has 1 atom stereocenters. The summed E-state index contributed by atoms with van der Waals surface area (Å²) in [4.78, 5) is 25.8. The molecular formula is C26H26FN3O5S. The summed E-state index contributed by atoms with van der Waals surface area (Å²) in [6.45, 7) is -0.302. The molecule has 0 spiro atoms. The maximum Gasteiger partial charge on any atom is 0.273 e. The molecule has 0 radical (unpaired) electrons. The van der Waals surface area contributed by atoms with E-state index in [4.69, 9.17) is 9.84 Å². The van der Waals surface area contributed by atoms with Gasteiger partial charge in [-0.25, -0.2) is 9.82 Å². The van der Waals surface area contributed by atoms with Crippen molar-refractivity contribution in [2.75, 3.05) is 24.8 Å². The zero-order chi connectivity index (χ0) is 25.9. The number of hydrazone groups is 1. The molecule has 8 nitrogen and oxygen atoms in total. The molecule has 0 saturated carbocycles. The second kappa shape index (κ2) is 13.4. The third-order valence-corrected chi connectivity index (χ3v) is 6.08. The highest BCUT2D eigenvalue weighted by Crippen LogP contribution is 2.23. The monoisotopic (exact) mass is 511 g/mol. The normalized spacial score (nSPS) is 11.8. The van der Waals surface area contributed by atoms with Gasteiger partial charge < -0.3 is 20.3 Å². The number of nitrogens with zero attached hydrogens (tertiary/aromatic N) is 1. The summed E-state index contributed by atoms with van der Waals surface area (Å²) in [7, 11) is 1.46. The van der Waals surface area contributed by atoms with E-state index in [-0.39, 0.29) is 17.9 Å². The van der Waals surface area contributed by atoms with E-state index in [0.29, 0.717) is 28.4 Å². The first-order valence-electron chi connectivity index (χ1n) is 10.9. The molecule has 3 aromatic rings. The molecule has 0 heterocycles. The van der Waals surface area contributed by atoms with Crippen LogP contribution in [0.3, 0.4) is 0 Å². The van der Waals surface area contributed by atoms with Gasteiger partial charge in [0.05, 0.1) is 37.3 Å². The van der Waals surface area contributed by atoms with Crippen molar-refractivity contribution in [1.29, 1.82) is 0 Å². The van der Waals surface area contributed by atoms with E-state index < -0.39 is 23.7 Å². The van der Waals surface area contributed by atoms with Gasteiger partial charge in [0, 0.05) is 17.1 Å². The zero-order valence-corrected chi connectivity index (χ0v) is 20.3. The number of thioether (sulfide) groups is 1. The van der Waals surface area contributed by atoms with Crippen molar-refractivity contribution in [3.8, 4) is 5.75 Å². The Kier molecular flexibility index (Phi) is 9.99. The third kappa shape index (κ3) is 7.91. The van der Waals surface area contributed by atoms with Gasteiger partial charge in [-0.15, -0.1) is 0 Å². The number of amides is 2. The molecule has 1 unspecified atom stereocenters. The molecular weight excluding hydrogens is 485 g/mol. The standard InChI is InChI=1S/C26H26FN3O5S/c1-35-22-8-9-24(23(12-22)26(34)30-28-13-17-4-3-7-20(27)11-17)29-25(33)19-6-2-5-18(10-19)15-36-16-21(32)14-31/h2-13,21,31-32H,14-16H2,1H3,(H,29,33)(H,30,34)/b28-13+. The van der Waals surface area contributed by atoms with Gasteiger partial charge in [-0.05, 0) is 53.6 Å². The lowest BCUT2D eigenvalue weighted by Crippen LogP contribution is -2.21. The van der Waals surface area contributed by atoms with Crippen LogP contribution in [0.15, 0.2) is 71.8 Å². The Morgan fingerprint density at radius 2 is 1.92 bits per heavy atom. The summed E-state index contributed by atoms with van der Waals surface area (Å²) >= 11 is 1.44. The van der Waals surface area contributed by atoms with E-state index in [0.717, 1.165) is 5.56 Å². The molecule has 0 fully saturated rings. The summed E-state index contributed by atoms with van der Waals surface area (Å²) in [6, 6.07) is 17.4. The molecule has 10 heteroatoms. The maximum atomic E-state index is 13.3. The second-order valence-electron chi connectivity index (χ2n) is 7.67. The molecule has 0 aliphatic rings. The van der Waals surface area contributed by atoms with Gasteiger partial charge in [-0.2, -0.15) is 16.9 Å². The molecule has 3 aromatic carbocycles. The number of benzene rings is 3. The summed E-state index contributed by atoms with van der Waals surface area (Å²) in [5.41, 5.74) is 4.50. The average Bonchev–Trinajstić information content (AvgIpc) is 2.89. The fraction of sp³-hybridized carbons (Fsp3) is 0.192. The predicted molar refractivity (Wildman–Crippen MR) is 138 cm³/mol. The van der Waals surface area contributed by atoms with Gasteiger partial charge in [-0.1, -0.05) is 24.3 Å². The number of aliphatic hydroxyl groups is 2. The van der Waals surface area contributed by atoms with E-state index in [1.54, 1.807) is 36.4 Å². The van der Waals surface area contributed by atoms with Crippen LogP contribution in [0.5, 0.6) is 5.75 Å². The van der Waals surface area contributed by atoms with Crippen LogP contribution >= 0.6 is 11.8 Å². The smallest absolute Gasteiger partial charge is 0.273 e. The molecule has 0 aliphatic heterocycles. The van der Waals surface area contributed by atoms with E-state index in [9.17, 15) is 19.1 Å². The number of halogens is 1. The van der Waals surface area contributed by atoms with Crippen LogP contribution in [0, 0.1) is 5.82 Å². The van der Waals surface area contributed by atoms with Crippen LogP contribution < -0.4 is 15.5 Å². The number of hydrogen-bond donors (Lipinski definition) is 4. The quantitative estimate of drug-likeness (QED) is 0.231. The number of ether oxygens (including phenoxy) is 1. The fourth-order valence-corrected chi connectivity index (χ4v) is 4.03. The van der Waals surface area contributed by atoms with Gasteiger partial charge in [-0.3, -0.25) is 9.59 Å². The Morgan fingerprint density at radius 1 is 1.11 bits per heavy atom. The first-order chi connectivity index (χ1) is 17.4. The van der Waals surface area contributed by atoms with E-state index >= 15 is 0 Å². The van der Waals surface area contributed by atoms with Crippen LogP contribution in [0.4, 0.5) is 10.1 Å². The number of aliphatic hydroxyl groups excluding tert-OH is 2. The summed E-state index contributed by atoms with van der Waals surface area (Å²) in [5.74, 6) is -0.0922. The summed E-state index contributed by atoms with van der Waals surface area (Å²) < 4.78 is 18.5. The number of anilines is 1. The van der Waals surface area contributed by atoms with Crippen LogP contribution in [0.2, 0.25) is 0 Å².